The molecule has 1 amide bonds. The Hall–Kier alpha value is -1.29. The second kappa shape index (κ2) is 9.76. The Morgan fingerprint density at radius 3 is 2.48 bits per heavy atom. The van der Waals surface area contributed by atoms with Crippen LogP contribution in [0, 0.1) is 17.4 Å². The van der Waals surface area contributed by atoms with Crippen molar-refractivity contribution in [1.29, 1.82) is 0 Å². The van der Waals surface area contributed by atoms with Crippen LogP contribution in [0.5, 0.6) is 0 Å². The number of nitrogens with zero attached hydrogens (tertiary/aromatic N) is 1. The molecule has 0 bridgehead atoms. The highest BCUT2D eigenvalue weighted by Gasteiger charge is 2.42. The molecule has 1 aliphatic heterocycles. The van der Waals surface area contributed by atoms with Crippen molar-refractivity contribution in [2.24, 2.45) is 0 Å². The Balaban J connectivity index is 2.04. The van der Waals surface area contributed by atoms with E-state index in [0.29, 0.717) is 19.4 Å². The molecular weight excluding hydrogens is 543 g/mol. The average Bonchev–Trinajstić information content (AvgIpc) is 2.69. The number of hydrogen-bond donors (Lipinski definition) is 0. The molecule has 0 spiro atoms. The summed E-state index contributed by atoms with van der Waals surface area (Å²) in [4.78, 5) is 27.7. The molecule has 1 fully saturated rings. The molecule has 2 atom stereocenters. The van der Waals surface area contributed by atoms with Crippen LogP contribution >= 0.6 is 22.6 Å². The second-order valence-corrected chi connectivity index (χ2v) is 11.2. The first-order valence-corrected chi connectivity index (χ1v) is 12.7. The van der Waals surface area contributed by atoms with Crippen molar-refractivity contribution in [2.45, 2.75) is 104 Å². The fraction of sp³-hybridized carbons (Fsp3) is 0.680. The van der Waals surface area contributed by atoms with Gasteiger partial charge >= 0.3 is 5.97 Å². The Labute approximate surface area is 208 Å². The summed E-state index contributed by atoms with van der Waals surface area (Å²) in [5.41, 5.74) is 3.80. The third kappa shape index (κ3) is 5.69. The number of carbonyl (C=O) groups excluding carboxylic acids is 2. The fourth-order valence-corrected chi connectivity index (χ4v) is 5.94. The number of halogens is 3. The molecule has 2 aliphatic rings. The molecule has 8 heteroatoms. The molecule has 5 nitrogen and oxygen atoms in total. The summed E-state index contributed by atoms with van der Waals surface area (Å²) in [6, 6.07) is -0.442. The predicted octanol–water partition coefficient (Wildman–Crippen LogP) is 5.79. The maximum absolute atomic E-state index is 14.1. The second-order valence-electron chi connectivity index (χ2n) is 10.1. The van der Waals surface area contributed by atoms with Gasteiger partial charge in [-0.05, 0) is 99.2 Å². The van der Waals surface area contributed by atoms with Crippen molar-refractivity contribution in [3.63, 3.8) is 0 Å². The first-order valence-electron chi connectivity index (χ1n) is 11.6. The lowest BCUT2D eigenvalue weighted by atomic mass is 9.84. The van der Waals surface area contributed by atoms with E-state index in [0.717, 1.165) is 31.4 Å². The number of fused-ring (bicyclic) bond motifs is 1. The summed E-state index contributed by atoms with van der Waals surface area (Å²) in [6.07, 6.45) is -0.122. The van der Waals surface area contributed by atoms with Crippen LogP contribution in [0.4, 0.5) is 8.78 Å². The van der Waals surface area contributed by atoms with E-state index < -0.39 is 29.6 Å². The molecule has 33 heavy (non-hydrogen) atoms. The summed E-state index contributed by atoms with van der Waals surface area (Å²) in [5.74, 6) is -3.31. The SMILES string of the molecule is CCOC(=O)[C@@H](OC(C)(C)C)c1c(C)c2c(c(C)c1I)CN(C1CCCC(F)(F)C1)C(=O)C2. The zero-order chi connectivity index (χ0) is 24.7. The molecule has 1 aliphatic carbocycles. The van der Waals surface area contributed by atoms with Crippen LogP contribution in [0.15, 0.2) is 0 Å². The number of benzene rings is 1. The largest absolute Gasteiger partial charge is 0.464 e. The van der Waals surface area contributed by atoms with Gasteiger partial charge in [0, 0.05) is 34.6 Å². The lowest BCUT2D eigenvalue weighted by Gasteiger charge is -2.41. The molecule has 0 aromatic heterocycles. The van der Waals surface area contributed by atoms with Gasteiger partial charge in [-0.1, -0.05) is 0 Å². The number of alkyl halides is 2. The molecule has 3 rings (SSSR count). The standard InChI is InChI=1S/C25H34F2INO4/c1-7-32-23(31)22(33-24(4,5)6)20-14(2)17-11-19(30)29(13-18(17)15(3)21(20)28)16-9-8-10-25(26,27)12-16/h16,22H,7-13H2,1-6H3/t16?,22-/m0/s1. The van der Waals surface area contributed by atoms with Crippen molar-refractivity contribution in [1.82, 2.24) is 4.90 Å². The normalized spacial score (nSPS) is 21.5. The number of ether oxygens (including phenoxy) is 2. The molecule has 1 aromatic rings. The smallest absolute Gasteiger partial charge is 0.340 e. The van der Waals surface area contributed by atoms with Gasteiger partial charge in [0.15, 0.2) is 6.10 Å². The third-order valence-corrected chi connectivity index (χ3v) is 7.90. The van der Waals surface area contributed by atoms with Crippen LogP contribution in [0.1, 0.15) is 87.3 Å². The maximum atomic E-state index is 14.1. The molecule has 1 unspecified atom stereocenters. The van der Waals surface area contributed by atoms with E-state index in [1.165, 1.54) is 0 Å². The van der Waals surface area contributed by atoms with Gasteiger partial charge in [0.05, 0.1) is 18.6 Å². The van der Waals surface area contributed by atoms with Gasteiger partial charge in [0.2, 0.25) is 11.8 Å². The number of carbonyl (C=O) groups is 2. The third-order valence-electron chi connectivity index (χ3n) is 6.51. The van der Waals surface area contributed by atoms with Crippen LogP contribution < -0.4 is 0 Å². The number of esters is 1. The van der Waals surface area contributed by atoms with E-state index in [1.54, 1.807) is 11.8 Å². The zero-order valence-electron chi connectivity index (χ0n) is 20.3. The van der Waals surface area contributed by atoms with Crippen molar-refractivity contribution < 1.29 is 27.8 Å². The van der Waals surface area contributed by atoms with E-state index in [1.807, 2.05) is 34.6 Å². The summed E-state index contributed by atoms with van der Waals surface area (Å²) >= 11 is 2.23. The van der Waals surface area contributed by atoms with Crippen molar-refractivity contribution in [3.8, 4) is 0 Å². The van der Waals surface area contributed by atoms with Gasteiger partial charge in [-0.25, -0.2) is 13.6 Å². The minimum atomic E-state index is -2.72. The fourth-order valence-electron chi connectivity index (χ4n) is 4.93. The van der Waals surface area contributed by atoms with Gasteiger partial charge in [-0.2, -0.15) is 0 Å². The molecule has 0 saturated heterocycles. The zero-order valence-corrected chi connectivity index (χ0v) is 22.5. The quantitative estimate of drug-likeness (QED) is 0.329. The molecule has 1 aromatic carbocycles. The predicted molar refractivity (Wildman–Crippen MR) is 130 cm³/mol. The summed E-state index contributed by atoms with van der Waals surface area (Å²) in [7, 11) is 0. The molecule has 0 radical (unpaired) electrons. The van der Waals surface area contributed by atoms with Gasteiger partial charge in [0.25, 0.3) is 0 Å². The lowest BCUT2D eigenvalue weighted by Crippen LogP contribution is -2.48. The highest BCUT2D eigenvalue weighted by Crippen LogP contribution is 2.41. The number of hydrogen-bond acceptors (Lipinski definition) is 4. The molecular formula is C25H34F2INO4. The van der Waals surface area contributed by atoms with Crippen molar-refractivity contribution in [3.05, 3.63) is 31.4 Å². The van der Waals surface area contributed by atoms with Crippen molar-refractivity contribution in [2.75, 3.05) is 6.61 Å². The van der Waals surface area contributed by atoms with Crippen LogP contribution in [-0.2, 0) is 32.0 Å². The highest BCUT2D eigenvalue weighted by atomic mass is 127. The van der Waals surface area contributed by atoms with E-state index >= 15 is 0 Å². The van der Waals surface area contributed by atoms with E-state index in [9.17, 15) is 18.4 Å². The number of rotatable bonds is 5. The Bertz CT molecular complexity index is 942. The van der Waals surface area contributed by atoms with Crippen molar-refractivity contribution >= 4 is 34.5 Å². The van der Waals surface area contributed by atoms with Gasteiger partial charge in [0.1, 0.15) is 0 Å². The van der Waals surface area contributed by atoms with E-state index in [-0.39, 0.29) is 31.8 Å². The minimum Gasteiger partial charge on any atom is -0.464 e. The minimum absolute atomic E-state index is 0.107. The molecule has 1 heterocycles. The monoisotopic (exact) mass is 577 g/mol. The van der Waals surface area contributed by atoms with Crippen LogP contribution in [-0.4, -0.2) is 40.9 Å². The van der Waals surface area contributed by atoms with Gasteiger partial charge < -0.3 is 14.4 Å². The lowest BCUT2D eigenvalue weighted by molar-refractivity contribution is -0.167. The first-order chi connectivity index (χ1) is 15.3. The molecule has 184 valence electrons. The molecule has 1 saturated carbocycles. The summed E-state index contributed by atoms with van der Waals surface area (Å²) < 4.78 is 40.5. The summed E-state index contributed by atoms with van der Waals surface area (Å²) in [5, 5.41) is 0. The molecule has 0 N–H and O–H groups in total. The van der Waals surface area contributed by atoms with Crippen LogP contribution in [0.25, 0.3) is 0 Å². The van der Waals surface area contributed by atoms with Crippen LogP contribution in [0.2, 0.25) is 0 Å². The average molecular weight is 577 g/mol. The van der Waals surface area contributed by atoms with Gasteiger partial charge in [-0.3, -0.25) is 4.79 Å². The Morgan fingerprint density at radius 1 is 1.24 bits per heavy atom. The highest BCUT2D eigenvalue weighted by molar-refractivity contribution is 14.1. The number of amides is 1. The van der Waals surface area contributed by atoms with Crippen LogP contribution in [0.3, 0.4) is 0 Å². The van der Waals surface area contributed by atoms with E-state index in [2.05, 4.69) is 22.6 Å². The summed E-state index contributed by atoms with van der Waals surface area (Å²) in [6.45, 7) is 11.8. The first kappa shape index (κ1) is 26.3. The maximum Gasteiger partial charge on any atom is 0.340 e. The topological polar surface area (TPSA) is 55.8 Å². The van der Waals surface area contributed by atoms with Gasteiger partial charge in [-0.15, -0.1) is 0 Å². The Morgan fingerprint density at radius 2 is 1.91 bits per heavy atom. The van der Waals surface area contributed by atoms with E-state index in [4.69, 9.17) is 9.47 Å². The Kier molecular flexibility index (Phi) is 7.78.